The molecule has 0 radical (unpaired) electrons. The lowest BCUT2D eigenvalue weighted by Crippen LogP contribution is -2.07. The van der Waals surface area contributed by atoms with Gasteiger partial charge in [-0.1, -0.05) is 12.1 Å². The Labute approximate surface area is 136 Å². The second-order valence-electron chi connectivity index (χ2n) is 4.67. The number of hydrogen-bond acceptors (Lipinski definition) is 5. The molecule has 7 heteroatoms. The average molecular weight is 336 g/mol. The second-order valence-corrected chi connectivity index (χ2v) is 4.67. The molecule has 0 aromatic heterocycles. The van der Waals surface area contributed by atoms with Crippen molar-refractivity contribution in [3.8, 4) is 5.75 Å². The smallest absolute Gasteiger partial charge is 0.387 e. The number of methoxy groups -OCH3 is 1. The quantitative estimate of drug-likeness (QED) is 0.756. The summed E-state index contributed by atoms with van der Waals surface area (Å²) in [7, 11) is 1.27. The average Bonchev–Trinajstić information content (AvgIpc) is 2.59. The van der Waals surface area contributed by atoms with Gasteiger partial charge in [0.05, 0.1) is 18.2 Å². The Balaban J connectivity index is 1.96. The first-order valence-electron chi connectivity index (χ1n) is 6.89. The van der Waals surface area contributed by atoms with Gasteiger partial charge in [0.1, 0.15) is 12.4 Å². The summed E-state index contributed by atoms with van der Waals surface area (Å²) in [6, 6.07) is 11.6. The number of ether oxygens (including phenoxy) is 3. The minimum absolute atomic E-state index is 0.0427. The molecule has 0 aliphatic carbocycles. The van der Waals surface area contributed by atoms with Crippen molar-refractivity contribution in [2.24, 2.45) is 0 Å². The number of rotatable bonds is 6. The summed E-state index contributed by atoms with van der Waals surface area (Å²) in [6.45, 7) is -2.97. The van der Waals surface area contributed by atoms with Crippen LogP contribution in [0.15, 0.2) is 48.5 Å². The molecule has 5 nitrogen and oxygen atoms in total. The van der Waals surface area contributed by atoms with Gasteiger partial charge in [-0.2, -0.15) is 8.78 Å². The normalized spacial score (nSPS) is 10.3. The molecule has 126 valence electrons. The van der Waals surface area contributed by atoms with Gasteiger partial charge in [-0.15, -0.1) is 0 Å². The van der Waals surface area contributed by atoms with Crippen LogP contribution in [-0.2, 0) is 16.1 Å². The van der Waals surface area contributed by atoms with Crippen LogP contribution < -0.4 is 4.74 Å². The van der Waals surface area contributed by atoms with Gasteiger partial charge < -0.3 is 14.2 Å². The number of hydrogen-bond donors (Lipinski definition) is 0. The summed E-state index contributed by atoms with van der Waals surface area (Å²) in [5, 5.41) is 0. The molecule has 0 saturated heterocycles. The predicted octanol–water partition coefficient (Wildman–Crippen LogP) is 3.43. The molecule has 0 fully saturated rings. The summed E-state index contributed by atoms with van der Waals surface area (Å²) in [5.41, 5.74) is 1.16. The number of carbonyl (C=O) groups excluding carboxylic acids is 2. The molecule has 0 saturated carbocycles. The van der Waals surface area contributed by atoms with Crippen LogP contribution in [0.25, 0.3) is 0 Å². The Hall–Kier alpha value is -2.96. The third-order valence-corrected chi connectivity index (χ3v) is 3.03. The van der Waals surface area contributed by atoms with E-state index in [1.165, 1.54) is 31.4 Å². The maximum absolute atomic E-state index is 12.1. The van der Waals surface area contributed by atoms with Gasteiger partial charge in [0.25, 0.3) is 0 Å². The Morgan fingerprint density at radius 2 is 1.71 bits per heavy atom. The highest BCUT2D eigenvalue weighted by Crippen LogP contribution is 2.16. The topological polar surface area (TPSA) is 61.8 Å². The highest BCUT2D eigenvalue weighted by Gasteiger charge is 2.11. The van der Waals surface area contributed by atoms with Gasteiger partial charge in [-0.3, -0.25) is 0 Å². The van der Waals surface area contributed by atoms with E-state index in [1.54, 1.807) is 24.3 Å². The first-order chi connectivity index (χ1) is 11.5. The molecule has 0 aliphatic heterocycles. The molecule has 2 aromatic carbocycles. The minimum atomic E-state index is -2.93. The van der Waals surface area contributed by atoms with Gasteiger partial charge >= 0.3 is 18.6 Å². The molecule has 24 heavy (non-hydrogen) atoms. The lowest BCUT2D eigenvalue weighted by molar-refractivity contribution is -0.0498. The summed E-state index contributed by atoms with van der Waals surface area (Å²) < 4.78 is 38.0. The van der Waals surface area contributed by atoms with Gasteiger partial charge in [0.2, 0.25) is 0 Å². The molecular formula is C17H14F2O5. The zero-order valence-electron chi connectivity index (χ0n) is 12.7. The van der Waals surface area contributed by atoms with Crippen LogP contribution in [0, 0.1) is 0 Å². The predicted molar refractivity (Wildman–Crippen MR) is 80.0 cm³/mol. The van der Waals surface area contributed by atoms with Crippen molar-refractivity contribution < 1.29 is 32.6 Å². The molecule has 0 spiro atoms. The van der Waals surface area contributed by atoms with Crippen LogP contribution >= 0.6 is 0 Å². The number of esters is 2. The number of halogens is 2. The van der Waals surface area contributed by atoms with Crippen molar-refractivity contribution in [2.75, 3.05) is 7.11 Å². The molecular weight excluding hydrogens is 322 g/mol. The molecule has 0 heterocycles. The maximum atomic E-state index is 12.1. The van der Waals surface area contributed by atoms with E-state index in [2.05, 4.69) is 9.47 Å². The fourth-order valence-electron chi connectivity index (χ4n) is 1.91. The van der Waals surface area contributed by atoms with Crippen molar-refractivity contribution in [1.82, 2.24) is 0 Å². The SMILES string of the molecule is COC(=O)c1cccc(COC(=O)c2ccc(OC(F)F)cc2)c1. The first kappa shape index (κ1) is 17.4. The van der Waals surface area contributed by atoms with Crippen molar-refractivity contribution in [2.45, 2.75) is 13.2 Å². The van der Waals surface area contributed by atoms with Gasteiger partial charge in [-0.05, 0) is 42.0 Å². The molecule has 2 rings (SSSR count). The maximum Gasteiger partial charge on any atom is 0.387 e. The molecule has 0 N–H and O–H groups in total. The van der Waals surface area contributed by atoms with Crippen LogP contribution in [0.1, 0.15) is 26.3 Å². The minimum Gasteiger partial charge on any atom is -0.465 e. The van der Waals surface area contributed by atoms with Crippen LogP contribution in [0.2, 0.25) is 0 Å². The van der Waals surface area contributed by atoms with E-state index in [9.17, 15) is 18.4 Å². The van der Waals surface area contributed by atoms with E-state index >= 15 is 0 Å². The third kappa shape index (κ3) is 4.77. The Bertz CT molecular complexity index is 713. The summed E-state index contributed by atoms with van der Waals surface area (Å²) in [4.78, 5) is 23.4. The van der Waals surface area contributed by atoms with Crippen LogP contribution in [0.5, 0.6) is 5.75 Å². The van der Waals surface area contributed by atoms with E-state index in [0.717, 1.165) is 0 Å². The number of carbonyl (C=O) groups is 2. The van der Waals surface area contributed by atoms with E-state index in [0.29, 0.717) is 11.1 Å². The van der Waals surface area contributed by atoms with E-state index < -0.39 is 18.6 Å². The van der Waals surface area contributed by atoms with Crippen molar-refractivity contribution in [3.05, 3.63) is 65.2 Å². The Kier molecular flexibility index (Phi) is 5.83. The van der Waals surface area contributed by atoms with Crippen LogP contribution in [0.3, 0.4) is 0 Å². The van der Waals surface area contributed by atoms with E-state index in [-0.39, 0.29) is 17.9 Å². The van der Waals surface area contributed by atoms with Crippen molar-refractivity contribution in [1.29, 1.82) is 0 Å². The highest BCUT2D eigenvalue weighted by atomic mass is 19.3. The molecule has 0 aliphatic rings. The van der Waals surface area contributed by atoms with E-state index in [4.69, 9.17) is 4.74 Å². The zero-order valence-corrected chi connectivity index (χ0v) is 12.7. The van der Waals surface area contributed by atoms with Crippen LogP contribution in [0.4, 0.5) is 8.78 Å². The van der Waals surface area contributed by atoms with Gasteiger partial charge in [0, 0.05) is 0 Å². The second kappa shape index (κ2) is 8.05. The van der Waals surface area contributed by atoms with E-state index in [1.807, 2.05) is 0 Å². The monoisotopic (exact) mass is 336 g/mol. The Morgan fingerprint density at radius 1 is 1.00 bits per heavy atom. The summed E-state index contributed by atoms with van der Waals surface area (Å²) in [5.74, 6) is -1.16. The van der Waals surface area contributed by atoms with Crippen molar-refractivity contribution >= 4 is 11.9 Å². The largest absolute Gasteiger partial charge is 0.465 e. The molecule has 0 amide bonds. The zero-order chi connectivity index (χ0) is 17.5. The van der Waals surface area contributed by atoms with Crippen LogP contribution in [-0.4, -0.2) is 25.7 Å². The molecule has 0 bridgehead atoms. The Morgan fingerprint density at radius 3 is 2.33 bits per heavy atom. The third-order valence-electron chi connectivity index (χ3n) is 3.03. The lowest BCUT2D eigenvalue weighted by atomic mass is 10.1. The molecule has 2 aromatic rings. The van der Waals surface area contributed by atoms with Gasteiger partial charge in [-0.25, -0.2) is 9.59 Å². The lowest BCUT2D eigenvalue weighted by Gasteiger charge is -2.07. The van der Waals surface area contributed by atoms with Crippen molar-refractivity contribution in [3.63, 3.8) is 0 Å². The fourth-order valence-corrected chi connectivity index (χ4v) is 1.91. The summed E-state index contributed by atoms with van der Waals surface area (Å²) >= 11 is 0. The number of benzene rings is 2. The summed E-state index contributed by atoms with van der Waals surface area (Å²) in [6.07, 6.45) is 0. The molecule has 0 unspecified atom stereocenters. The fraction of sp³-hybridized carbons (Fsp3) is 0.176. The van der Waals surface area contributed by atoms with Gasteiger partial charge in [0.15, 0.2) is 0 Å². The number of alkyl halides is 2. The molecule has 0 atom stereocenters. The highest BCUT2D eigenvalue weighted by molar-refractivity contribution is 5.90. The first-order valence-corrected chi connectivity index (χ1v) is 6.89. The standard InChI is InChI=1S/C17H14F2O5/c1-22-15(20)13-4-2-3-11(9-13)10-23-16(21)12-5-7-14(8-6-12)24-17(18)19/h2-9,17H,10H2,1H3.